The molecule has 2 heterocycles. The molecular formula is C13H12ClN3O2S. The lowest BCUT2D eigenvalue weighted by Crippen LogP contribution is -2.22. The summed E-state index contributed by atoms with van der Waals surface area (Å²) in [5.41, 5.74) is 1.44. The van der Waals surface area contributed by atoms with Crippen LogP contribution in [-0.2, 0) is 13.0 Å². The van der Waals surface area contributed by atoms with Gasteiger partial charge in [-0.2, -0.15) is 0 Å². The van der Waals surface area contributed by atoms with Crippen LogP contribution >= 0.6 is 22.9 Å². The molecule has 1 aliphatic rings. The zero-order valence-corrected chi connectivity index (χ0v) is 12.0. The molecule has 104 valence electrons. The number of halogens is 1. The van der Waals surface area contributed by atoms with Crippen LogP contribution in [0.3, 0.4) is 0 Å². The Morgan fingerprint density at radius 2 is 2.35 bits per heavy atom. The van der Waals surface area contributed by atoms with Crippen molar-refractivity contribution in [3.63, 3.8) is 0 Å². The number of fused-ring (bicyclic) bond motifs is 1. The SMILES string of the molecule is O=C(Nc1nc2c(s1)CNCC2)c1ccc(O)c(Cl)c1. The van der Waals surface area contributed by atoms with Gasteiger partial charge in [0.1, 0.15) is 5.75 Å². The third-order valence-corrected chi connectivity index (χ3v) is 4.35. The minimum absolute atomic E-state index is 0.0426. The summed E-state index contributed by atoms with van der Waals surface area (Å²) in [4.78, 5) is 17.7. The molecule has 7 heteroatoms. The summed E-state index contributed by atoms with van der Waals surface area (Å²) in [5, 5.41) is 16.1. The first-order valence-corrected chi connectivity index (χ1v) is 7.32. The lowest BCUT2D eigenvalue weighted by atomic mass is 10.2. The standard InChI is InChI=1S/C13H12ClN3O2S/c14-8-5-7(1-2-10(8)18)12(19)17-13-16-9-3-4-15-6-11(9)20-13/h1-2,5,15,18H,3-4,6H2,(H,16,17,19). The van der Waals surface area contributed by atoms with E-state index in [-0.39, 0.29) is 16.7 Å². The van der Waals surface area contributed by atoms with Gasteiger partial charge in [-0.15, -0.1) is 11.3 Å². The number of hydrogen-bond donors (Lipinski definition) is 3. The highest BCUT2D eigenvalue weighted by atomic mass is 35.5. The Bertz CT molecular complexity index is 648. The first-order chi connectivity index (χ1) is 9.63. The highest BCUT2D eigenvalue weighted by Crippen LogP contribution is 2.27. The van der Waals surface area contributed by atoms with Crippen molar-refractivity contribution in [2.24, 2.45) is 0 Å². The Balaban J connectivity index is 1.78. The molecular weight excluding hydrogens is 298 g/mol. The number of thiazole rings is 1. The van der Waals surface area contributed by atoms with Crippen LogP contribution in [0.5, 0.6) is 5.75 Å². The van der Waals surface area contributed by atoms with Crippen LogP contribution < -0.4 is 10.6 Å². The molecule has 0 fully saturated rings. The maximum atomic E-state index is 12.1. The van der Waals surface area contributed by atoms with E-state index < -0.39 is 0 Å². The number of phenols is 1. The third-order valence-electron chi connectivity index (χ3n) is 3.03. The summed E-state index contributed by atoms with van der Waals surface area (Å²) in [5.74, 6) is -0.329. The number of anilines is 1. The Morgan fingerprint density at radius 1 is 1.50 bits per heavy atom. The maximum Gasteiger partial charge on any atom is 0.257 e. The van der Waals surface area contributed by atoms with E-state index in [0.29, 0.717) is 10.7 Å². The smallest absolute Gasteiger partial charge is 0.257 e. The van der Waals surface area contributed by atoms with Gasteiger partial charge >= 0.3 is 0 Å². The number of rotatable bonds is 2. The van der Waals surface area contributed by atoms with Crippen molar-refractivity contribution < 1.29 is 9.90 Å². The number of carbonyl (C=O) groups is 1. The van der Waals surface area contributed by atoms with Gasteiger partial charge in [0.2, 0.25) is 0 Å². The Kier molecular flexibility index (Phi) is 3.60. The van der Waals surface area contributed by atoms with Crippen molar-refractivity contribution in [3.05, 3.63) is 39.4 Å². The molecule has 2 aromatic rings. The molecule has 0 spiro atoms. The van der Waals surface area contributed by atoms with E-state index >= 15 is 0 Å². The molecule has 0 atom stereocenters. The van der Waals surface area contributed by atoms with Crippen LogP contribution in [0.4, 0.5) is 5.13 Å². The predicted molar refractivity (Wildman–Crippen MR) is 78.6 cm³/mol. The van der Waals surface area contributed by atoms with Crippen molar-refractivity contribution in [1.29, 1.82) is 0 Å². The second-order valence-corrected chi connectivity index (χ2v) is 5.93. The first-order valence-electron chi connectivity index (χ1n) is 6.12. The minimum atomic E-state index is -0.286. The molecule has 1 aromatic carbocycles. The minimum Gasteiger partial charge on any atom is -0.506 e. The van der Waals surface area contributed by atoms with Gasteiger partial charge in [-0.05, 0) is 18.2 Å². The van der Waals surface area contributed by atoms with E-state index in [9.17, 15) is 9.90 Å². The highest BCUT2D eigenvalue weighted by Gasteiger charge is 2.17. The fraction of sp³-hybridized carbons (Fsp3) is 0.231. The number of phenolic OH excluding ortho intramolecular Hbond substituents is 1. The molecule has 3 rings (SSSR count). The van der Waals surface area contributed by atoms with E-state index in [1.165, 1.54) is 29.5 Å². The molecule has 5 nitrogen and oxygen atoms in total. The second kappa shape index (κ2) is 5.40. The number of nitrogens with zero attached hydrogens (tertiary/aromatic N) is 1. The zero-order valence-electron chi connectivity index (χ0n) is 10.4. The van der Waals surface area contributed by atoms with Crippen molar-refractivity contribution in [2.45, 2.75) is 13.0 Å². The predicted octanol–water partition coefficient (Wildman–Crippen LogP) is 2.40. The van der Waals surface area contributed by atoms with E-state index in [1.807, 2.05) is 0 Å². The van der Waals surface area contributed by atoms with Gasteiger partial charge in [0.15, 0.2) is 5.13 Å². The fourth-order valence-electron chi connectivity index (χ4n) is 2.00. The van der Waals surface area contributed by atoms with E-state index in [1.54, 1.807) is 0 Å². The normalized spacial score (nSPS) is 13.8. The van der Waals surface area contributed by atoms with E-state index in [0.717, 1.165) is 30.1 Å². The topological polar surface area (TPSA) is 74.2 Å². The number of nitrogens with one attached hydrogen (secondary N) is 2. The molecule has 0 unspecified atom stereocenters. The summed E-state index contributed by atoms with van der Waals surface area (Å²) in [6.45, 7) is 1.71. The van der Waals surface area contributed by atoms with Crippen LogP contribution in [0.25, 0.3) is 0 Å². The Labute approximate surface area is 124 Å². The molecule has 0 saturated heterocycles. The van der Waals surface area contributed by atoms with Crippen molar-refractivity contribution >= 4 is 34.0 Å². The van der Waals surface area contributed by atoms with Crippen LogP contribution in [-0.4, -0.2) is 22.5 Å². The molecule has 3 N–H and O–H groups in total. The quantitative estimate of drug-likeness (QED) is 0.796. The van der Waals surface area contributed by atoms with Gasteiger partial charge in [0.25, 0.3) is 5.91 Å². The largest absolute Gasteiger partial charge is 0.506 e. The molecule has 1 aromatic heterocycles. The number of hydrogen-bond acceptors (Lipinski definition) is 5. The van der Waals surface area contributed by atoms with E-state index in [2.05, 4.69) is 15.6 Å². The van der Waals surface area contributed by atoms with Gasteiger partial charge in [-0.1, -0.05) is 11.6 Å². The van der Waals surface area contributed by atoms with Gasteiger partial charge < -0.3 is 10.4 Å². The summed E-state index contributed by atoms with van der Waals surface area (Å²) in [6.07, 6.45) is 0.882. The van der Waals surface area contributed by atoms with E-state index in [4.69, 9.17) is 11.6 Å². The molecule has 0 aliphatic carbocycles. The Morgan fingerprint density at radius 3 is 3.10 bits per heavy atom. The molecule has 0 bridgehead atoms. The van der Waals surface area contributed by atoms with Crippen LogP contribution in [0.2, 0.25) is 5.02 Å². The molecule has 1 amide bonds. The van der Waals surface area contributed by atoms with Gasteiger partial charge in [-0.3, -0.25) is 10.1 Å². The summed E-state index contributed by atoms with van der Waals surface area (Å²) in [6, 6.07) is 4.35. The average molecular weight is 310 g/mol. The third kappa shape index (κ3) is 2.63. The average Bonchev–Trinajstić information content (AvgIpc) is 2.83. The van der Waals surface area contributed by atoms with Crippen molar-refractivity contribution in [3.8, 4) is 5.75 Å². The second-order valence-electron chi connectivity index (χ2n) is 4.44. The monoisotopic (exact) mass is 309 g/mol. The number of aromatic nitrogens is 1. The Hall–Kier alpha value is -1.63. The fourth-order valence-corrected chi connectivity index (χ4v) is 3.15. The highest BCUT2D eigenvalue weighted by molar-refractivity contribution is 7.15. The summed E-state index contributed by atoms with van der Waals surface area (Å²) < 4.78 is 0. The maximum absolute atomic E-state index is 12.1. The van der Waals surface area contributed by atoms with Gasteiger partial charge in [-0.25, -0.2) is 4.98 Å². The van der Waals surface area contributed by atoms with Crippen molar-refractivity contribution in [2.75, 3.05) is 11.9 Å². The number of carbonyl (C=O) groups excluding carboxylic acids is 1. The van der Waals surface area contributed by atoms with Crippen LogP contribution in [0.1, 0.15) is 20.9 Å². The van der Waals surface area contributed by atoms with Gasteiger partial charge in [0.05, 0.1) is 10.7 Å². The first kappa shape index (κ1) is 13.4. The molecule has 0 saturated carbocycles. The zero-order chi connectivity index (χ0) is 14.1. The molecule has 20 heavy (non-hydrogen) atoms. The number of aromatic hydroxyl groups is 1. The van der Waals surface area contributed by atoms with Gasteiger partial charge in [0, 0.05) is 30.0 Å². The number of benzene rings is 1. The molecule has 1 aliphatic heterocycles. The lowest BCUT2D eigenvalue weighted by molar-refractivity contribution is 0.102. The molecule has 0 radical (unpaired) electrons. The summed E-state index contributed by atoms with van der Waals surface area (Å²) >= 11 is 7.27. The van der Waals surface area contributed by atoms with Crippen molar-refractivity contribution in [1.82, 2.24) is 10.3 Å². The number of amides is 1. The summed E-state index contributed by atoms with van der Waals surface area (Å²) in [7, 11) is 0. The van der Waals surface area contributed by atoms with Crippen LogP contribution in [0.15, 0.2) is 18.2 Å². The lowest BCUT2D eigenvalue weighted by Gasteiger charge is -2.09. The van der Waals surface area contributed by atoms with Crippen LogP contribution in [0, 0.1) is 0 Å².